The number of aromatic carboxylic acids is 1. The van der Waals surface area contributed by atoms with Gasteiger partial charge in [-0.1, -0.05) is 0 Å². The van der Waals surface area contributed by atoms with Crippen molar-refractivity contribution in [2.45, 2.75) is 58.2 Å². The van der Waals surface area contributed by atoms with Crippen molar-refractivity contribution in [2.75, 3.05) is 6.61 Å². The molecular weight excluding hydrogens is 621 g/mol. The van der Waals surface area contributed by atoms with Gasteiger partial charge in [0, 0.05) is 0 Å². The van der Waals surface area contributed by atoms with Gasteiger partial charge in [-0.3, -0.25) is 0 Å². The summed E-state index contributed by atoms with van der Waals surface area (Å²) in [4.78, 5) is 73.7. The Morgan fingerprint density at radius 3 is 2.07 bits per heavy atom. The number of hydrogen-bond acceptors (Lipinski definition) is 11. The zero-order chi connectivity index (χ0) is 30.7. The Balaban J connectivity index is 1.92. The molecule has 1 aliphatic rings. The zero-order valence-electron chi connectivity index (χ0n) is 22.9. The average molecular weight is 648 g/mol. The van der Waals surface area contributed by atoms with Crippen molar-refractivity contribution in [1.82, 2.24) is 3.56 Å². The molecule has 42 heavy (non-hydrogen) atoms. The van der Waals surface area contributed by atoms with Gasteiger partial charge in [-0.2, -0.15) is 0 Å². The maximum atomic E-state index is 13.2. The summed E-state index contributed by atoms with van der Waals surface area (Å²) in [7, 11) is 0. The topological polar surface area (TPSA) is 174 Å². The van der Waals surface area contributed by atoms with Gasteiger partial charge in [0.15, 0.2) is 0 Å². The molecule has 0 aliphatic carbocycles. The van der Waals surface area contributed by atoms with Crippen LogP contribution in [-0.2, 0) is 42.9 Å². The molecule has 1 aliphatic heterocycles. The number of benzene rings is 2. The molecular formula is C28H27NO12Se. The van der Waals surface area contributed by atoms with Crippen LogP contribution in [0.15, 0.2) is 47.3 Å². The molecule has 0 radical (unpaired) electrons. The van der Waals surface area contributed by atoms with Crippen molar-refractivity contribution >= 4 is 54.2 Å². The first-order valence-electron chi connectivity index (χ1n) is 12.7. The quantitative estimate of drug-likeness (QED) is 0.212. The number of carboxylic acid groups (broad SMARTS) is 1. The summed E-state index contributed by atoms with van der Waals surface area (Å²) in [5, 5.41) is 10.6. The van der Waals surface area contributed by atoms with E-state index < -0.39 is 81.7 Å². The summed E-state index contributed by atoms with van der Waals surface area (Å²) in [5.41, 5.74) is -0.196. The van der Waals surface area contributed by atoms with Crippen molar-refractivity contribution in [3.63, 3.8) is 0 Å². The summed E-state index contributed by atoms with van der Waals surface area (Å²) >= 11 is -0.461. The Hall–Kier alpha value is -4.26. The van der Waals surface area contributed by atoms with E-state index in [1.165, 1.54) is 21.8 Å². The second kappa shape index (κ2) is 12.7. The molecule has 0 spiro atoms. The number of esters is 4. The Kier molecular flexibility index (Phi) is 9.30. The number of carbonyl (C=O) groups is 5. The number of aromatic nitrogens is 1. The molecule has 0 saturated carbocycles. The van der Waals surface area contributed by atoms with Gasteiger partial charge >= 0.3 is 245 Å². The predicted molar refractivity (Wildman–Crippen MR) is 144 cm³/mol. The van der Waals surface area contributed by atoms with Gasteiger partial charge in [0.25, 0.3) is 0 Å². The van der Waals surface area contributed by atoms with Crippen LogP contribution < -0.4 is 5.56 Å². The van der Waals surface area contributed by atoms with Crippen LogP contribution in [0.25, 0.3) is 15.3 Å². The summed E-state index contributed by atoms with van der Waals surface area (Å²) < 4.78 is 30.0. The standard InChI is InChI=1S/C28H27NO12Se/c1-13(30)37-12-21-24(38-14(2)31)26(40-16(4)33)25(39-15(3)32)23(41-21)20-11-17(9-10-18(20)28(35)36)29-27(34)19-7-5-6-8-22(19)42-29/h5-11,21,23-26H,12H2,1-4H3,(H,35,36)/t21-,23+,24-,25+,26+/m1/s1. The summed E-state index contributed by atoms with van der Waals surface area (Å²) in [6.45, 7) is 3.94. The van der Waals surface area contributed by atoms with E-state index in [9.17, 15) is 33.9 Å². The number of hydrogen-bond donors (Lipinski definition) is 1. The first kappa shape index (κ1) is 30.7. The number of rotatable bonds is 8. The number of nitrogens with zero attached hydrogens (tertiary/aromatic N) is 1. The van der Waals surface area contributed by atoms with Crippen LogP contribution in [0.3, 0.4) is 0 Å². The van der Waals surface area contributed by atoms with Crippen molar-refractivity contribution in [3.8, 4) is 5.69 Å². The Labute approximate surface area is 244 Å². The van der Waals surface area contributed by atoms with Crippen LogP contribution in [0.5, 0.6) is 0 Å². The second-order valence-electron chi connectivity index (χ2n) is 9.38. The fourth-order valence-electron chi connectivity index (χ4n) is 4.73. The first-order chi connectivity index (χ1) is 19.9. The van der Waals surface area contributed by atoms with Crippen LogP contribution in [0, 0.1) is 0 Å². The van der Waals surface area contributed by atoms with E-state index in [0.29, 0.717) is 11.1 Å². The van der Waals surface area contributed by atoms with E-state index in [4.69, 9.17) is 23.7 Å². The molecule has 1 aromatic heterocycles. The molecule has 1 saturated heterocycles. The molecule has 222 valence electrons. The molecule has 5 atom stereocenters. The van der Waals surface area contributed by atoms with E-state index in [-0.39, 0.29) is 16.7 Å². The monoisotopic (exact) mass is 649 g/mol. The molecule has 2 heterocycles. The van der Waals surface area contributed by atoms with Crippen LogP contribution in [-0.4, -0.2) is 84.3 Å². The van der Waals surface area contributed by atoms with Gasteiger partial charge in [-0.25, -0.2) is 0 Å². The van der Waals surface area contributed by atoms with Crippen molar-refractivity contribution in [2.24, 2.45) is 0 Å². The molecule has 4 rings (SSSR count). The molecule has 0 unspecified atom stereocenters. The number of carbonyl (C=O) groups excluding carboxylic acids is 4. The Morgan fingerprint density at radius 2 is 1.48 bits per heavy atom. The summed E-state index contributed by atoms with van der Waals surface area (Å²) in [6.07, 6.45) is -7.09. The van der Waals surface area contributed by atoms with E-state index in [0.717, 1.165) is 32.0 Å². The molecule has 13 nitrogen and oxygen atoms in total. The van der Waals surface area contributed by atoms with E-state index in [2.05, 4.69) is 0 Å². The Bertz CT molecular complexity index is 1610. The molecule has 0 amide bonds. The Morgan fingerprint density at radius 1 is 0.857 bits per heavy atom. The van der Waals surface area contributed by atoms with Crippen LogP contribution >= 0.6 is 0 Å². The second-order valence-corrected chi connectivity index (χ2v) is 11.5. The molecule has 3 aromatic rings. The minimum atomic E-state index is -1.50. The molecule has 1 N–H and O–H groups in total. The van der Waals surface area contributed by atoms with E-state index in [1.807, 2.05) is 12.1 Å². The van der Waals surface area contributed by atoms with Gasteiger partial charge in [-0.15, -0.1) is 0 Å². The van der Waals surface area contributed by atoms with Crippen LogP contribution in [0.2, 0.25) is 0 Å². The summed E-state index contributed by atoms with van der Waals surface area (Å²) in [5.74, 6) is -4.49. The molecule has 1 fully saturated rings. The predicted octanol–water partition coefficient (Wildman–Crippen LogP) is 1.54. The van der Waals surface area contributed by atoms with Crippen LogP contribution in [0.1, 0.15) is 49.7 Å². The van der Waals surface area contributed by atoms with Gasteiger partial charge < -0.3 is 0 Å². The maximum absolute atomic E-state index is 13.2. The number of ether oxygens (including phenoxy) is 5. The van der Waals surface area contributed by atoms with Crippen molar-refractivity contribution < 1.29 is 52.8 Å². The third-order valence-electron chi connectivity index (χ3n) is 6.29. The molecule has 14 heteroatoms. The summed E-state index contributed by atoms with van der Waals surface area (Å²) in [6, 6.07) is 11.3. The zero-order valence-corrected chi connectivity index (χ0v) is 24.6. The fourth-order valence-corrected chi connectivity index (χ4v) is 6.80. The first-order valence-corrected chi connectivity index (χ1v) is 14.3. The van der Waals surface area contributed by atoms with Gasteiger partial charge in [0.2, 0.25) is 0 Å². The minimum absolute atomic E-state index is 0.0166. The van der Waals surface area contributed by atoms with Crippen molar-refractivity contribution in [3.05, 3.63) is 63.9 Å². The SMILES string of the molecule is CC(=O)OC[C@H]1O[C@@H](c2cc(-n3[se]c4ccccc4c3=O)ccc2C(=O)O)[C@H](OC(C)=O)[C@@H](OC(C)=O)[C@@H]1OC(C)=O. The normalized spacial score (nSPS) is 21.8. The fraction of sp³-hybridized carbons (Fsp3) is 0.357. The third kappa shape index (κ3) is 6.62. The van der Waals surface area contributed by atoms with E-state index in [1.54, 1.807) is 12.1 Å². The third-order valence-corrected chi connectivity index (χ3v) is 8.62. The van der Waals surface area contributed by atoms with Gasteiger partial charge in [-0.05, 0) is 0 Å². The number of carboxylic acids is 1. The number of fused-ring (bicyclic) bond motifs is 1. The van der Waals surface area contributed by atoms with Crippen molar-refractivity contribution in [1.29, 1.82) is 0 Å². The van der Waals surface area contributed by atoms with Gasteiger partial charge in [0.1, 0.15) is 0 Å². The molecule has 0 bridgehead atoms. The van der Waals surface area contributed by atoms with Crippen LogP contribution in [0.4, 0.5) is 0 Å². The molecule has 2 aromatic carbocycles. The van der Waals surface area contributed by atoms with E-state index >= 15 is 0 Å². The van der Waals surface area contributed by atoms with Gasteiger partial charge in [0.05, 0.1) is 0 Å². The average Bonchev–Trinajstić information content (AvgIpc) is 3.25.